The lowest BCUT2D eigenvalue weighted by Gasteiger charge is -2.39. The molecule has 232 valence electrons. The third kappa shape index (κ3) is 9.70. The van der Waals surface area contributed by atoms with Crippen LogP contribution in [0, 0.1) is 13.8 Å². The van der Waals surface area contributed by atoms with Crippen LogP contribution in [0.4, 0.5) is 0 Å². The van der Waals surface area contributed by atoms with Crippen molar-refractivity contribution in [3.8, 4) is 11.5 Å². The number of unbranched alkanes of at least 4 members (excludes halogenated alkanes) is 9. The predicted molar refractivity (Wildman–Crippen MR) is 183 cm³/mol. The number of rotatable bonds is 16. The molecule has 0 radical (unpaired) electrons. The van der Waals surface area contributed by atoms with Gasteiger partial charge in [-0.2, -0.15) is 0 Å². The Morgan fingerprint density at radius 3 is 1.29 bits per heavy atom. The SMILES string of the molecule is CCCCCCCCCCCCSC(CCC)(c1cc(C(C)(C)C)c(O)cc1C)c1cc(C(C)(C)C)c(O)cc1C. The number of benzene rings is 2. The molecule has 0 aliphatic rings. The average molecular weight is 583 g/mol. The molecule has 0 heterocycles. The molecule has 0 aliphatic carbocycles. The zero-order chi connectivity index (χ0) is 30.8. The summed E-state index contributed by atoms with van der Waals surface area (Å²) in [5.74, 6) is 1.88. The number of hydrogen-bond donors (Lipinski definition) is 2. The van der Waals surface area contributed by atoms with Crippen molar-refractivity contribution >= 4 is 11.8 Å². The Labute approximate surface area is 258 Å². The Morgan fingerprint density at radius 2 is 0.927 bits per heavy atom. The monoisotopic (exact) mass is 582 g/mol. The standard InChI is InChI=1S/C38H62O2S/c1-11-13-14-15-16-17-18-19-20-21-23-41-38(22-12-2,30-26-32(36(5,6)7)34(39)24-28(30)3)31-27-33(37(8,9)10)35(40)25-29(31)4/h24-27,39-40H,11-23H2,1-10H3. The Bertz CT molecular complexity index is 1020. The first kappa shape index (κ1) is 35.6. The highest BCUT2D eigenvalue weighted by Crippen LogP contribution is 2.52. The van der Waals surface area contributed by atoms with E-state index < -0.39 is 0 Å². The van der Waals surface area contributed by atoms with Crippen LogP contribution in [-0.4, -0.2) is 16.0 Å². The second-order valence-electron chi connectivity index (χ2n) is 14.5. The van der Waals surface area contributed by atoms with Crippen molar-refractivity contribution in [1.29, 1.82) is 0 Å². The van der Waals surface area contributed by atoms with Crippen molar-refractivity contribution < 1.29 is 10.2 Å². The molecule has 2 nitrogen and oxygen atoms in total. The van der Waals surface area contributed by atoms with Crippen LogP contribution >= 0.6 is 11.8 Å². The van der Waals surface area contributed by atoms with Crippen molar-refractivity contribution in [1.82, 2.24) is 0 Å². The Hall–Kier alpha value is -1.61. The highest BCUT2D eigenvalue weighted by atomic mass is 32.2. The summed E-state index contributed by atoms with van der Waals surface area (Å²) in [6, 6.07) is 8.58. The van der Waals surface area contributed by atoms with E-state index in [1.165, 1.54) is 75.3 Å². The first-order chi connectivity index (χ1) is 19.2. The zero-order valence-corrected chi connectivity index (χ0v) is 29.1. The van der Waals surface area contributed by atoms with Crippen molar-refractivity contribution in [2.24, 2.45) is 0 Å². The summed E-state index contributed by atoms with van der Waals surface area (Å²) in [6.45, 7) is 22.0. The number of phenolic OH excluding ortho intramolecular Hbond substituents is 2. The van der Waals surface area contributed by atoms with Gasteiger partial charge in [-0.05, 0) is 101 Å². The summed E-state index contributed by atoms with van der Waals surface area (Å²) in [7, 11) is 0. The van der Waals surface area contributed by atoms with E-state index in [1.807, 2.05) is 12.1 Å². The van der Waals surface area contributed by atoms with Crippen LogP contribution in [0.25, 0.3) is 0 Å². The normalized spacial score (nSPS) is 12.7. The van der Waals surface area contributed by atoms with Gasteiger partial charge in [-0.25, -0.2) is 0 Å². The van der Waals surface area contributed by atoms with Crippen molar-refractivity contribution in [3.63, 3.8) is 0 Å². The Balaban J connectivity index is 2.47. The predicted octanol–water partition coefficient (Wildman–Crippen LogP) is 12.0. The van der Waals surface area contributed by atoms with Crippen LogP contribution in [0.1, 0.15) is 166 Å². The molecule has 2 aromatic rings. The molecule has 3 heteroatoms. The largest absolute Gasteiger partial charge is 0.508 e. The maximum absolute atomic E-state index is 11.0. The third-order valence-electron chi connectivity index (χ3n) is 8.62. The molecule has 0 saturated carbocycles. The van der Waals surface area contributed by atoms with Crippen LogP contribution < -0.4 is 0 Å². The fourth-order valence-corrected chi connectivity index (χ4v) is 8.08. The molecule has 0 aromatic heterocycles. The summed E-state index contributed by atoms with van der Waals surface area (Å²) in [5, 5.41) is 22.0. The van der Waals surface area contributed by atoms with Gasteiger partial charge >= 0.3 is 0 Å². The maximum atomic E-state index is 11.0. The van der Waals surface area contributed by atoms with E-state index in [4.69, 9.17) is 0 Å². The molecule has 0 spiro atoms. The molecular formula is C38H62O2S. The Kier molecular flexibility index (Phi) is 13.7. The number of aryl methyl sites for hydroxylation is 2. The van der Waals surface area contributed by atoms with Crippen LogP contribution in [0.5, 0.6) is 11.5 Å². The van der Waals surface area contributed by atoms with Crippen LogP contribution in [-0.2, 0) is 15.6 Å². The van der Waals surface area contributed by atoms with E-state index >= 15 is 0 Å². The lowest BCUT2D eigenvalue weighted by atomic mass is 9.76. The van der Waals surface area contributed by atoms with Gasteiger partial charge in [0.15, 0.2) is 0 Å². The molecule has 2 rings (SSSR count). The first-order valence-corrected chi connectivity index (χ1v) is 17.5. The second kappa shape index (κ2) is 15.7. The second-order valence-corrected chi connectivity index (χ2v) is 15.9. The number of phenols is 2. The van der Waals surface area contributed by atoms with E-state index in [2.05, 4.69) is 93.1 Å². The summed E-state index contributed by atoms with van der Waals surface area (Å²) in [5.41, 5.74) is 6.60. The molecule has 0 bridgehead atoms. The summed E-state index contributed by atoms with van der Waals surface area (Å²) < 4.78 is -0.246. The highest BCUT2D eigenvalue weighted by molar-refractivity contribution is 8.00. The average Bonchev–Trinajstić information content (AvgIpc) is 2.85. The van der Waals surface area contributed by atoms with Crippen LogP contribution in [0.2, 0.25) is 0 Å². The van der Waals surface area contributed by atoms with Gasteiger partial charge in [-0.1, -0.05) is 120 Å². The smallest absolute Gasteiger partial charge is 0.119 e. The van der Waals surface area contributed by atoms with Gasteiger partial charge in [0.25, 0.3) is 0 Å². The van der Waals surface area contributed by atoms with Gasteiger partial charge in [0, 0.05) is 0 Å². The Morgan fingerprint density at radius 1 is 0.537 bits per heavy atom. The summed E-state index contributed by atoms with van der Waals surface area (Å²) in [4.78, 5) is 0. The van der Waals surface area contributed by atoms with E-state index in [0.717, 1.165) is 40.8 Å². The quantitative estimate of drug-likeness (QED) is 0.193. The van der Waals surface area contributed by atoms with Crippen molar-refractivity contribution in [2.45, 2.75) is 162 Å². The van der Waals surface area contributed by atoms with Crippen LogP contribution in [0.3, 0.4) is 0 Å². The van der Waals surface area contributed by atoms with Gasteiger partial charge in [0.1, 0.15) is 11.5 Å². The first-order valence-electron chi connectivity index (χ1n) is 16.5. The van der Waals surface area contributed by atoms with E-state index in [9.17, 15) is 10.2 Å². The minimum Gasteiger partial charge on any atom is -0.508 e. The zero-order valence-electron chi connectivity index (χ0n) is 28.3. The van der Waals surface area contributed by atoms with Gasteiger partial charge in [-0.15, -0.1) is 11.8 Å². The summed E-state index contributed by atoms with van der Waals surface area (Å²) >= 11 is 2.09. The fourth-order valence-electron chi connectivity index (χ4n) is 6.29. The molecule has 0 fully saturated rings. The molecule has 0 amide bonds. The van der Waals surface area contributed by atoms with Gasteiger partial charge in [0.2, 0.25) is 0 Å². The fraction of sp³-hybridized carbons (Fsp3) is 0.684. The molecule has 0 saturated heterocycles. The van der Waals surface area contributed by atoms with Gasteiger partial charge in [0.05, 0.1) is 4.75 Å². The van der Waals surface area contributed by atoms with E-state index in [1.54, 1.807) is 0 Å². The highest BCUT2D eigenvalue weighted by Gasteiger charge is 2.39. The van der Waals surface area contributed by atoms with E-state index in [-0.39, 0.29) is 15.6 Å². The minimum absolute atomic E-state index is 0.160. The van der Waals surface area contributed by atoms with Crippen LogP contribution in [0.15, 0.2) is 24.3 Å². The van der Waals surface area contributed by atoms with Gasteiger partial charge < -0.3 is 10.2 Å². The van der Waals surface area contributed by atoms with Crippen molar-refractivity contribution in [3.05, 3.63) is 57.6 Å². The molecular weight excluding hydrogens is 520 g/mol. The van der Waals surface area contributed by atoms with Crippen molar-refractivity contribution in [2.75, 3.05) is 5.75 Å². The third-order valence-corrected chi connectivity index (χ3v) is 10.2. The molecule has 0 unspecified atom stereocenters. The number of hydrogen-bond acceptors (Lipinski definition) is 3. The number of aromatic hydroxyl groups is 2. The maximum Gasteiger partial charge on any atom is 0.119 e. The van der Waals surface area contributed by atoms with Gasteiger partial charge in [-0.3, -0.25) is 0 Å². The molecule has 0 atom stereocenters. The number of thioether (sulfide) groups is 1. The summed E-state index contributed by atoms with van der Waals surface area (Å²) in [6.07, 6.45) is 15.5. The molecule has 0 aliphatic heterocycles. The molecule has 2 N–H and O–H groups in total. The lowest BCUT2D eigenvalue weighted by molar-refractivity contribution is 0.444. The lowest BCUT2D eigenvalue weighted by Crippen LogP contribution is -2.28. The minimum atomic E-state index is -0.246. The molecule has 41 heavy (non-hydrogen) atoms. The topological polar surface area (TPSA) is 40.5 Å². The van der Waals surface area contributed by atoms with E-state index in [0.29, 0.717) is 11.5 Å². The molecule has 2 aromatic carbocycles.